The smallest absolute Gasteiger partial charge is 0.159 e. The molecule has 1 N–H and O–H groups in total. The van der Waals surface area contributed by atoms with Crippen molar-refractivity contribution in [3.8, 4) is 0 Å². The summed E-state index contributed by atoms with van der Waals surface area (Å²) in [4.78, 5) is 11.0. The van der Waals surface area contributed by atoms with Crippen LogP contribution in [0.2, 0.25) is 0 Å². The summed E-state index contributed by atoms with van der Waals surface area (Å²) in [5, 5.41) is 3.92. The molecule has 1 unspecified atom stereocenters. The van der Waals surface area contributed by atoms with Gasteiger partial charge in [0, 0.05) is 23.0 Å². The second-order valence-corrected chi connectivity index (χ2v) is 4.84. The van der Waals surface area contributed by atoms with Crippen LogP contribution in [0.1, 0.15) is 24.2 Å². The molecule has 0 amide bonds. The third kappa shape index (κ3) is 3.96. The van der Waals surface area contributed by atoms with Crippen molar-refractivity contribution in [1.29, 1.82) is 0 Å². The maximum absolute atomic E-state index is 11.0. The number of hydrogen-bond donors (Lipinski definition) is 1. The third-order valence-corrected chi connectivity index (χ3v) is 3.26. The van der Waals surface area contributed by atoms with Crippen LogP contribution in [0.25, 0.3) is 0 Å². The van der Waals surface area contributed by atoms with E-state index in [9.17, 15) is 4.79 Å². The molecule has 15 heavy (non-hydrogen) atoms. The minimum atomic E-state index is 0.110. The fraction of sp³-hybridized carbons (Fsp3) is 0.417. The second-order valence-electron chi connectivity index (χ2n) is 3.56. The molecule has 82 valence electrons. The number of ketones is 1. The number of anilines is 1. The minimum Gasteiger partial charge on any atom is -0.384 e. The number of hydrogen-bond acceptors (Lipinski definition) is 3. The number of thioether (sulfide) groups is 1. The standard InChI is InChI=1S/C12H17NOS/c1-9(15-3)8-13-12-6-4-11(5-7-12)10(2)14/h4-7,9,13H,8H2,1-3H3. The highest BCUT2D eigenvalue weighted by atomic mass is 32.2. The Balaban J connectivity index is 2.53. The van der Waals surface area contributed by atoms with E-state index in [0.717, 1.165) is 17.8 Å². The highest BCUT2D eigenvalue weighted by molar-refractivity contribution is 7.99. The van der Waals surface area contributed by atoms with Crippen molar-refractivity contribution in [2.45, 2.75) is 19.1 Å². The summed E-state index contributed by atoms with van der Waals surface area (Å²) in [6.07, 6.45) is 2.10. The number of Topliss-reactive ketones (excluding diaryl/α,β-unsaturated/α-hetero) is 1. The van der Waals surface area contributed by atoms with Crippen LogP contribution in [-0.2, 0) is 0 Å². The third-order valence-electron chi connectivity index (χ3n) is 2.29. The quantitative estimate of drug-likeness (QED) is 0.778. The van der Waals surface area contributed by atoms with Crippen molar-refractivity contribution in [2.24, 2.45) is 0 Å². The molecule has 0 heterocycles. The van der Waals surface area contributed by atoms with Gasteiger partial charge in [0.2, 0.25) is 0 Å². The Hall–Kier alpha value is -0.960. The summed E-state index contributed by atoms with van der Waals surface area (Å²) in [5.41, 5.74) is 1.83. The fourth-order valence-corrected chi connectivity index (χ4v) is 1.42. The minimum absolute atomic E-state index is 0.110. The molecule has 0 aliphatic carbocycles. The van der Waals surface area contributed by atoms with E-state index >= 15 is 0 Å². The topological polar surface area (TPSA) is 29.1 Å². The van der Waals surface area contributed by atoms with Gasteiger partial charge in [-0.1, -0.05) is 6.92 Å². The van der Waals surface area contributed by atoms with Crippen molar-refractivity contribution in [3.05, 3.63) is 29.8 Å². The monoisotopic (exact) mass is 223 g/mol. The summed E-state index contributed by atoms with van der Waals surface area (Å²) >= 11 is 1.84. The van der Waals surface area contributed by atoms with Crippen LogP contribution in [-0.4, -0.2) is 23.8 Å². The predicted molar refractivity (Wildman–Crippen MR) is 67.9 cm³/mol. The Morgan fingerprint density at radius 3 is 2.47 bits per heavy atom. The molecular formula is C12H17NOS. The van der Waals surface area contributed by atoms with Gasteiger partial charge in [-0.05, 0) is 37.4 Å². The summed E-state index contributed by atoms with van der Waals surface area (Å²) in [5.74, 6) is 0.110. The lowest BCUT2D eigenvalue weighted by Crippen LogP contribution is -2.12. The Bertz CT molecular complexity index is 321. The number of nitrogens with one attached hydrogen (secondary N) is 1. The number of rotatable bonds is 5. The molecule has 3 heteroatoms. The van der Waals surface area contributed by atoms with Crippen LogP contribution < -0.4 is 5.32 Å². The van der Waals surface area contributed by atoms with Gasteiger partial charge in [0.15, 0.2) is 5.78 Å². The lowest BCUT2D eigenvalue weighted by atomic mass is 10.1. The van der Waals surface area contributed by atoms with E-state index in [1.54, 1.807) is 6.92 Å². The molecule has 1 aromatic carbocycles. The molecule has 1 atom stereocenters. The van der Waals surface area contributed by atoms with E-state index < -0.39 is 0 Å². The van der Waals surface area contributed by atoms with Crippen molar-refractivity contribution in [2.75, 3.05) is 18.1 Å². The molecule has 0 bridgehead atoms. The zero-order chi connectivity index (χ0) is 11.3. The van der Waals surface area contributed by atoms with Crippen LogP contribution >= 0.6 is 11.8 Å². The highest BCUT2D eigenvalue weighted by Gasteiger charge is 2.00. The van der Waals surface area contributed by atoms with Gasteiger partial charge in [-0.25, -0.2) is 0 Å². The van der Waals surface area contributed by atoms with Gasteiger partial charge in [0.25, 0.3) is 0 Å². The molecule has 0 aliphatic rings. The Labute approximate surface area is 95.5 Å². The molecule has 0 radical (unpaired) electrons. The van der Waals surface area contributed by atoms with Gasteiger partial charge >= 0.3 is 0 Å². The van der Waals surface area contributed by atoms with E-state index in [0.29, 0.717) is 5.25 Å². The van der Waals surface area contributed by atoms with E-state index in [-0.39, 0.29) is 5.78 Å². The maximum atomic E-state index is 11.0. The van der Waals surface area contributed by atoms with Crippen LogP contribution in [0.5, 0.6) is 0 Å². The second kappa shape index (κ2) is 5.81. The first-order chi connectivity index (χ1) is 7.13. The summed E-state index contributed by atoms with van der Waals surface area (Å²) in [6.45, 7) is 4.71. The molecule has 0 saturated heterocycles. The first-order valence-electron chi connectivity index (χ1n) is 5.01. The van der Waals surface area contributed by atoms with Gasteiger partial charge in [0.1, 0.15) is 0 Å². The molecule has 0 aliphatic heterocycles. The van der Waals surface area contributed by atoms with Gasteiger partial charge in [-0.15, -0.1) is 0 Å². The number of benzene rings is 1. The predicted octanol–water partition coefficient (Wildman–Crippen LogP) is 3.05. The summed E-state index contributed by atoms with van der Waals surface area (Å²) in [6, 6.07) is 7.61. The zero-order valence-electron chi connectivity index (χ0n) is 9.41. The molecule has 0 saturated carbocycles. The van der Waals surface area contributed by atoms with Crippen molar-refractivity contribution < 1.29 is 4.79 Å². The van der Waals surface area contributed by atoms with Crippen LogP contribution in [0.3, 0.4) is 0 Å². The van der Waals surface area contributed by atoms with Gasteiger partial charge < -0.3 is 5.32 Å². The van der Waals surface area contributed by atoms with Gasteiger partial charge in [0.05, 0.1) is 0 Å². The Morgan fingerprint density at radius 2 is 2.00 bits per heavy atom. The molecule has 1 aromatic rings. The molecule has 2 nitrogen and oxygen atoms in total. The van der Waals surface area contributed by atoms with E-state index in [4.69, 9.17) is 0 Å². The first kappa shape index (κ1) is 12.1. The van der Waals surface area contributed by atoms with Crippen LogP contribution in [0.4, 0.5) is 5.69 Å². The number of carbonyl (C=O) groups excluding carboxylic acids is 1. The summed E-state index contributed by atoms with van der Waals surface area (Å²) in [7, 11) is 0. The van der Waals surface area contributed by atoms with E-state index in [1.165, 1.54) is 0 Å². The summed E-state index contributed by atoms with van der Waals surface area (Å²) < 4.78 is 0. The van der Waals surface area contributed by atoms with Gasteiger partial charge in [-0.2, -0.15) is 11.8 Å². The maximum Gasteiger partial charge on any atom is 0.159 e. The van der Waals surface area contributed by atoms with E-state index in [2.05, 4.69) is 18.5 Å². The largest absolute Gasteiger partial charge is 0.384 e. The lowest BCUT2D eigenvalue weighted by Gasteiger charge is -2.11. The highest BCUT2D eigenvalue weighted by Crippen LogP contribution is 2.12. The normalized spacial score (nSPS) is 12.2. The molecular weight excluding hydrogens is 206 g/mol. The Kier molecular flexibility index (Phi) is 4.69. The fourth-order valence-electron chi connectivity index (χ4n) is 1.17. The molecule has 0 spiro atoms. The van der Waals surface area contributed by atoms with Crippen LogP contribution in [0.15, 0.2) is 24.3 Å². The van der Waals surface area contributed by atoms with E-state index in [1.807, 2.05) is 36.0 Å². The molecule has 0 fully saturated rings. The van der Waals surface area contributed by atoms with Crippen molar-refractivity contribution in [1.82, 2.24) is 0 Å². The molecule has 1 rings (SSSR count). The average Bonchev–Trinajstić information content (AvgIpc) is 2.26. The number of carbonyl (C=O) groups is 1. The average molecular weight is 223 g/mol. The lowest BCUT2D eigenvalue weighted by molar-refractivity contribution is 0.101. The Morgan fingerprint density at radius 1 is 1.40 bits per heavy atom. The van der Waals surface area contributed by atoms with Gasteiger partial charge in [-0.3, -0.25) is 4.79 Å². The zero-order valence-corrected chi connectivity index (χ0v) is 10.2. The van der Waals surface area contributed by atoms with Crippen molar-refractivity contribution in [3.63, 3.8) is 0 Å². The SMILES string of the molecule is CSC(C)CNc1ccc(C(C)=O)cc1. The molecule has 0 aromatic heterocycles. The van der Waals surface area contributed by atoms with Crippen LogP contribution in [0, 0.1) is 0 Å². The van der Waals surface area contributed by atoms with Crippen molar-refractivity contribution >= 4 is 23.2 Å². The first-order valence-corrected chi connectivity index (χ1v) is 6.30.